The Kier molecular flexibility index (Phi) is 3.97. The summed E-state index contributed by atoms with van der Waals surface area (Å²) in [4.78, 5) is 22.6. The molecule has 0 unspecified atom stereocenters. The van der Waals surface area contributed by atoms with Crippen molar-refractivity contribution in [2.75, 3.05) is 6.61 Å². The van der Waals surface area contributed by atoms with Gasteiger partial charge in [0.15, 0.2) is 0 Å². The Bertz CT molecular complexity index is 374. The van der Waals surface area contributed by atoms with Gasteiger partial charge >= 0.3 is 5.97 Å². The molecule has 0 fully saturated rings. The summed E-state index contributed by atoms with van der Waals surface area (Å²) in [5, 5.41) is 0. The van der Waals surface area contributed by atoms with Gasteiger partial charge in [0.2, 0.25) is 0 Å². The van der Waals surface area contributed by atoms with Crippen LogP contribution in [0.4, 0.5) is 4.39 Å². The van der Waals surface area contributed by atoms with Crippen LogP contribution in [-0.4, -0.2) is 18.4 Å². The maximum atomic E-state index is 12.5. The van der Waals surface area contributed by atoms with Gasteiger partial charge in [-0.3, -0.25) is 4.79 Å². The molecule has 1 aromatic carbocycles. The van der Waals surface area contributed by atoms with E-state index in [9.17, 15) is 14.0 Å². The average molecular weight is 210 g/mol. The molecule has 1 aromatic rings. The lowest BCUT2D eigenvalue weighted by molar-refractivity contribution is -0.137. The van der Waals surface area contributed by atoms with Crippen molar-refractivity contribution in [3.63, 3.8) is 0 Å². The monoisotopic (exact) mass is 210 g/mol. The van der Waals surface area contributed by atoms with Crippen LogP contribution in [-0.2, 0) is 16.2 Å². The van der Waals surface area contributed by atoms with Gasteiger partial charge in [0, 0.05) is 5.56 Å². The van der Waals surface area contributed by atoms with Gasteiger partial charge in [0.1, 0.15) is 6.67 Å². The van der Waals surface area contributed by atoms with Crippen molar-refractivity contribution in [3.05, 3.63) is 35.4 Å². The summed E-state index contributed by atoms with van der Waals surface area (Å²) in [6, 6.07) is 6.06. The van der Waals surface area contributed by atoms with E-state index in [1.165, 1.54) is 12.1 Å². The fraction of sp³-hybridized carbons (Fsp3) is 0.273. The number of rotatable bonds is 4. The highest BCUT2D eigenvalue weighted by atomic mass is 19.1. The highest BCUT2D eigenvalue weighted by Crippen LogP contribution is 2.11. The number of hydrogen-bond donors (Lipinski definition) is 0. The van der Waals surface area contributed by atoms with E-state index in [2.05, 4.69) is 4.74 Å². The second kappa shape index (κ2) is 5.24. The van der Waals surface area contributed by atoms with Crippen LogP contribution in [0.5, 0.6) is 0 Å². The molecule has 0 radical (unpaired) electrons. The molecule has 0 N–H and O–H groups in total. The third-order valence-corrected chi connectivity index (χ3v) is 1.87. The number of benzene rings is 1. The normalized spacial score (nSPS) is 9.73. The molecule has 15 heavy (non-hydrogen) atoms. The van der Waals surface area contributed by atoms with E-state index in [0.29, 0.717) is 0 Å². The lowest BCUT2D eigenvalue weighted by Crippen LogP contribution is -2.18. The highest BCUT2D eigenvalue weighted by molar-refractivity contribution is 6.41. The maximum absolute atomic E-state index is 12.5. The molecule has 4 heteroatoms. The zero-order valence-electron chi connectivity index (χ0n) is 8.33. The molecule has 80 valence electrons. The average Bonchev–Trinajstić information content (AvgIpc) is 2.28. The number of hydrogen-bond acceptors (Lipinski definition) is 3. The molecule has 0 spiro atoms. The zero-order valence-corrected chi connectivity index (χ0v) is 8.33. The van der Waals surface area contributed by atoms with Crippen LogP contribution >= 0.6 is 0 Å². The van der Waals surface area contributed by atoms with Gasteiger partial charge in [-0.05, 0) is 12.5 Å². The number of carbonyl (C=O) groups excluding carboxylic acids is 2. The van der Waals surface area contributed by atoms with Crippen LogP contribution in [0, 0.1) is 0 Å². The van der Waals surface area contributed by atoms with Gasteiger partial charge in [-0.1, -0.05) is 24.3 Å². The number of halogens is 1. The van der Waals surface area contributed by atoms with Crippen LogP contribution < -0.4 is 0 Å². The van der Waals surface area contributed by atoms with Crippen molar-refractivity contribution in [2.45, 2.75) is 13.6 Å². The van der Waals surface area contributed by atoms with Crippen LogP contribution in [0.1, 0.15) is 22.8 Å². The van der Waals surface area contributed by atoms with Crippen LogP contribution in [0.25, 0.3) is 0 Å². The van der Waals surface area contributed by atoms with E-state index < -0.39 is 18.4 Å². The second-order valence-corrected chi connectivity index (χ2v) is 2.84. The smallest absolute Gasteiger partial charge is 0.379 e. The van der Waals surface area contributed by atoms with E-state index in [1.54, 1.807) is 19.1 Å². The van der Waals surface area contributed by atoms with E-state index in [1.807, 2.05) is 0 Å². The Balaban J connectivity index is 2.95. The summed E-state index contributed by atoms with van der Waals surface area (Å²) in [5.41, 5.74) is 0.272. The van der Waals surface area contributed by atoms with E-state index in [0.717, 1.165) is 0 Å². The summed E-state index contributed by atoms with van der Waals surface area (Å²) in [7, 11) is 0. The fourth-order valence-corrected chi connectivity index (χ4v) is 1.16. The minimum absolute atomic E-state index is 0.0680. The first-order valence-corrected chi connectivity index (χ1v) is 4.56. The minimum Gasteiger partial charge on any atom is -0.460 e. The molecule has 0 aliphatic heterocycles. The molecule has 0 saturated heterocycles. The molecule has 1 rings (SSSR count). The first kappa shape index (κ1) is 11.4. The van der Waals surface area contributed by atoms with Crippen molar-refractivity contribution in [1.29, 1.82) is 0 Å². The Labute approximate surface area is 86.9 Å². The van der Waals surface area contributed by atoms with Crippen LogP contribution in [0.15, 0.2) is 24.3 Å². The SMILES string of the molecule is CCOC(=O)C(=O)c1ccccc1CF. The molecule has 0 aliphatic rings. The number of alkyl halides is 1. The quantitative estimate of drug-likeness (QED) is 0.433. The minimum atomic E-state index is -0.946. The molecule has 0 aliphatic carbocycles. The first-order valence-electron chi connectivity index (χ1n) is 4.56. The Morgan fingerprint density at radius 1 is 1.33 bits per heavy atom. The van der Waals surface area contributed by atoms with Gasteiger partial charge in [0.25, 0.3) is 5.78 Å². The summed E-state index contributed by atoms with van der Waals surface area (Å²) in [5.74, 6) is -1.75. The molecule has 0 heterocycles. The summed E-state index contributed by atoms with van der Waals surface area (Å²) in [6.45, 7) is 0.954. The maximum Gasteiger partial charge on any atom is 0.379 e. The largest absolute Gasteiger partial charge is 0.460 e. The summed E-state index contributed by atoms with van der Waals surface area (Å²) < 4.78 is 17.0. The number of carbonyl (C=O) groups is 2. The lowest BCUT2D eigenvalue weighted by atomic mass is 10.0. The van der Waals surface area contributed by atoms with Crippen molar-refractivity contribution in [2.24, 2.45) is 0 Å². The molecule has 0 bridgehead atoms. The van der Waals surface area contributed by atoms with Gasteiger partial charge in [-0.2, -0.15) is 0 Å². The number of Topliss-reactive ketones (excluding diaryl/α,β-unsaturated/α-hetero) is 1. The first-order chi connectivity index (χ1) is 7.20. The Hall–Kier alpha value is -1.71. The van der Waals surface area contributed by atoms with Crippen LogP contribution in [0.3, 0.4) is 0 Å². The predicted molar refractivity (Wildman–Crippen MR) is 52.2 cm³/mol. The van der Waals surface area contributed by atoms with Crippen molar-refractivity contribution in [3.8, 4) is 0 Å². The molecule has 0 aromatic heterocycles. The standard InChI is InChI=1S/C11H11FO3/c1-2-15-11(14)10(13)9-6-4-3-5-8(9)7-12/h3-6H,2,7H2,1H3. The fourth-order valence-electron chi connectivity index (χ4n) is 1.16. The molecule has 0 saturated carbocycles. The van der Waals surface area contributed by atoms with E-state index in [-0.39, 0.29) is 17.7 Å². The van der Waals surface area contributed by atoms with E-state index in [4.69, 9.17) is 0 Å². The number of esters is 1. The molecular weight excluding hydrogens is 199 g/mol. The molecule has 0 amide bonds. The Morgan fingerprint density at radius 3 is 2.60 bits per heavy atom. The molecule has 3 nitrogen and oxygen atoms in total. The van der Waals surface area contributed by atoms with Crippen molar-refractivity contribution >= 4 is 11.8 Å². The third-order valence-electron chi connectivity index (χ3n) is 1.87. The third kappa shape index (κ3) is 2.62. The molecular formula is C11H11FO3. The summed E-state index contributed by atoms with van der Waals surface area (Å²) in [6.07, 6.45) is 0. The highest BCUT2D eigenvalue weighted by Gasteiger charge is 2.19. The number of ketones is 1. The lowest BCUT2D eigenvalue weighted by Gasteiger charge is -2.04. The van der Waals surface area contributed by atoms with Gasteiger partial charge in [0.05, 0.1) is 6.61 Å². The Morgan fingerprint density at radius 2 is 2.00 bits per heavy atom. The van der Waals surface area contributed by atoms with Crippen LogP contribution in [0.2, 0.25) is 0 Å². The van der Waals surface area contributed by atoms with Gasteiger partial charge in [-0.25, -0.2) is 9.18 Å². The topological polar surface area (TPSA) is 43.4 Å². The second-order valence-electron chi connectivity index (χ2n) is 2.84. The zero-order chi connectivity index (χ0) is 11.3. The summed E-state index contributed by atoms with van der Waals surface area (Å²) >= 11 is 0. The van der Waals surface area contributed by atoms with Crippen molar-refractivity contribution in [1.82, 2.24) is 0 Å². The van der Waals surface area contributed by atoms with Gasteiger partial charge < -0.3 is 4.74 Å². The number of ether oxygens (including phenoxy) is 1. The predicted octanol–water partition coefficient (Wildman–Crippen LogP) is 1.90. The molecule has 0 atom stereocenters. The van der Waals surface area contributed by atoms with E-state index >= 15 is 0 Å². The van der Waals surface area contributed by atoms with Gasteiger partial charge in [-0.15, -0.1) is 0 Å². The van der Waals surface area contributed by atoms with Crippen molar-refractivity contribution < 1.29 is 18.7 Å².